The average molecular weight is 607 g/mol. The van der Waals surface area contributed by atoms with Crippen LogP contribution in [0.5, 0.6) is 0 Å². The van der Waals surface area contributed by atoms with E-state index in [9.17, 15) is 13.2 Å². The SMILES string of the molecule is C=CNCCC1(CCC(c2cc(Cl)cc(Cl)c2)C(F)(F)F)CCC(Sc2ccc(C=C)c(Cl)c2)CC1.CC. The molecule has 210 valence electrons. The Bertz CT molecular complexity index is 1030. The van der Waals surface area contributed by atoms with Gasteiger partial charge in [0.25, 0.3) is 0 Å². The number of rotatable bonds is 11. The van der Waals surface area contributed by atoms with Crippen LogP contribution in [-0.2, 0) is 0 Å². The Hall–Kier alpha value is -1.27. The normalized spacial score (nSPS) is 20.2. The van der Waals surface area contributed by atoms with E-state index >= 15 is 0 Å². The van der Waals surface area contributed by atoms with Crippen LogP contribution in [0.2, 0.25) is 15.1 Å². The number of nitrogens with one attached hydrogen (secondary N) is 1. The summed E-state index contributed by atoms with van der Waals surface area (Å²) >= 11 is 20.2. The Labute approximate surface area is 245 Å². The Kier molecular flexibility index (Phi) is 13.4. The van der Waals surface area contributed by atoms with E-state index < -0.39 is 12.1 Å². The molecule has 0 aromatic heterocycles. The Balaban J connectivity index is 0.00000247. The molecule has 0 bridgehead atoms. The second kappa shape index (κ2) is 15.5. The molecule has 1 saturated carbocycles. The highest BCUT2D eigenvalue weighted by Gasteiger charge is 2.43. The molecule has 1 fully saturated rings. The van der Waals surface area contributed by atoms with Crippen molar-refractivity contribution < 1.29 is 13.2 Å². The van der Waals surface area contributed by atoms with E-state index in [-0.39, 0.29) is 27.4 Å². The molecule has 1 aliphatic carbocycles. The molecule has 38 heavy (non-hydrogen) atoms. The number of alkyl halides is 3. The van der Waals surface area contributed by atoms with Crippen LogP contribution < -0.4 is 5.32 Å². The summed E-state index contributed by atoms with van der Waals surface area (Å²) in [5.41, 5.74) is 0.866. The molecule has 8 heteroatoms. The van der Waals surface area contributed by atoms with Crippen LogP contribution in [0.15, 0.2) is 60.7 Å². The Morgan fingerprint density at radius 3 is 2.18 bits per heavy atom. The predicted octanol–water partition coefficient (Wildman–Crippen LogP) is 11.6. The van der Waals surface area contributed by atoms with E-state index in [0.29, 0.717) is 23.2 Å². The van der Waals surface area contributed by atoms with E-state index in [2.05, 4.69) is 18.5 Å². The van der Waals surface area contributed by atoms with Crippen LogP contribution >= 0.6 is 46.6 Å². The van der Waals surface area contributed by atoms with Gasteiger partial charge in [0, 0.05) is 31.8 Å². The van der Waals surface area contributed by atoms with E-state index in [1.807, 2.05) is 32.0 Å². The molecule has 0 spiro atoms. The van der Waals surface area contributed by atoms with Gasteiger partial charge in [-0.2, -0.15) is 13.2 Å². The van der Waals surface area contributed by atoms with Crippen molar-refractivity contribution in [3.05, 3.63) is 82.0 Å². The molecule has 1 nitrogen and oxygen atoms in total. The topological polar surface area (TPSA) is 12.0 Å². The minimum atomic E-state index is -4.38. The molecule has 0 saturated heterocycles. The van der Waals surface area contributed by atoms with Crippen molar-refractivity contribution in [2.45, 2.75) is 81.0 Å². The monoisotopic (exact) mass is 605 g/mol. The average Bonchev–Trinajstić information content (AvgIpc) is 2.86. The van der Waals surface area contributed by atoms with Crippen LogP contribution in [0.3, 0.4) is 0 Å². The second-order valence-electron chi connectivity index (χ2n) is 9.45. The molecule has 0 heterocycles. The molecular formula is C30H37Cl3F3NS. The largest absolute Gasteiger partial charge is 0.395 e. The number of benzene rings is 2. The van der Waals surface area contributed by atoms with Crippen LogP contribution in [-0.4, -0.2) is 18.0 Å². The maximum Gasteiger partial charge on any atom is 0.395 e. The van der Waals surface area contributed by atoms with Gasteiger partial charge in [-0.3, -0.25) is 0 Å². The maximum absolute atomic E-state index is 14.1. The van der Waals surface area contributed by atoms with Crippen molar-refractivity contribution >= 4 is 52.6 Å². The van der Waals surface area contributed by atoms with Crippen LogP contribution in [0.1, 0.15) is 75.8 Å². The summed E-state index contributed by atoms with van der Waals surface area (Å²) in [6.07, 6.45) is 3.93. The summed E-state index contributed by atoms with van der Waals surface area (Å²) in [6.45, 7) is 12.2. The minimum Gasteiger partial charge on any atom is -0.391 e. The Morgan fingerprint density at radius 2 is 1.66 bits per heavy atom. The molecule has 1 unspecified atom stereocenters. The van der Waals surface area contributed by atoms with E-state index in [1.165, 1.54) is 18.2 Å². The number of hydrogen-bond acceptors (Lipinski definition) is 2. The molecule has 3 rings (SSSR count). The lowest BCUT2D eigenvalue weighted by molar-refractivity contribution is -0.153. The number of thioether (sulfide) groups is 1. The van der Waals surface area contributed by atoms with Crippen molar-refractivity contribution in [2.75, 3.05) is 6.54 Å². The highest BCUT2D eigenvalue weighted by molar-refractivity contribution is 8.00. The molecule has 0 aliphatic heterocycles. The minimum absolute atomic E-state index is 0.00466. The van der Waals surface area contributed by atoms with Gasteiger partial charge in [0.2, 0.25) is 0 Å². The fourth-order valence-corrected chi connectivity index (χ4v) is 7.13. The van der Waals surface area contributed by atoms with Gasteiger partial charge in [-0.05, 0) is 98.0 Å². The number of halogens is 6. The molecule has 0 amide bonds. The van der Waals surface area contributed by atoms with Crippen molar-refractivity contribution in [3.8, 4) is 0 Å². The smallest absolute Gasteiger partial charge is 0.391 e. The van der Waals surface area contributed by atoms with Gasteiger partial charge >= 0.3 is 6.18 Å². The fraction of sp³-hybridized carbons (Fsp3) is 0.467. The van der Waals surface area contributed by atoms with Gasteiger partial charge in [0.15, 0.2) is 0 Å². The first-order valence-corrected chi connectivity index (χ1v) is 15.0. The molecular weight excluding hydrogens is 570 g/mol. The van der Waals surface area contributed by atoms with E-state index in [1.54, 1.807) is 24.0 Å². The van der Waals surface area contributed by atoms with Crippen molar-refractivity contribution in [1.29, 1.82) is 0 Å². The maximum atomic E-state index is 14.1. The van der Waals surface area contributed by atoms with Gasteiger partial charge in [-0.1, -0.05) is 74.0 Å². The zero-order chi connectivity index (χ0) is 28.3. The summed E-state index contributed by atoms with van der Waals surface area (Å²) in [4.78, 5) is 1.10. The first kappa shape index (κ1) is 32.9. The van der Waals surface area contributed by atoms with Crippen LogP contribution in [0.4, 0.5) is 13.2 Å². The van der Waals surface area contributed by atoms with Gasteiger partial charge in [0.05, 0.1) is 5.92 Å². The summed E-state index contributed by atoms with van der Waals surface area (Å²) in [6, 6.07) is 10.2. The summed E-state index contributed by atoms with van der Waals surface area (Å²) in [7, 11) is 0. The van der Waals surface area contributed by atoms with Crippen molar-refractivity contribution in [2.24, 2.45) is 5.41 Å². The quantitative estimate of drug-likeness (QED) is 0.255. The van der Waals surface area contributed by atoms with Crippen LogP contribution in [0.25, 0.3) is 6.08 Å². The summed E-state index contributed by atoms with van der Waals surface area (Å²) in [5.74, 6) is -1.60. The lowest BCUT2D eigenvalue weighted by Crippen LogP contribution is -2.33. The lowest BCUT2D eigenvalue weighted by Gasteiger charge is -2.41. The van der Waals surface area contributed by atoms with Crippen LogP contribution in [0, 0.1) is 5.41 Å². The summed E-state index contributed by atoms with van der Waals surface area (Å²) in [5, 5.41) is 4.65. The zero-order valence-corrected chi connectivity index (χ0v) is 25.1. The van der Waals surface area contributed by atoms with Crippen molar-refractivity contribution in [1.82, 2.24) is 5.32 Å². The standard InChI is InChI=1S/C28H31Cl3F3NS.C2H6/c1-3-19-5-6-24(18-26(19)31)36-23-7-10-27(11-8-23,13-14-35-4-2)12-9-25(28(32,33)34)20-15-21(29)17-22(30)16-20;1-2/h3-6,15-18,23,25,35H,1-2,7-14H2;1-2H3. The zero-order valence-electron chi connectivity index (χ0n) is 22.0. The molecule has 0 radical (unpaired) electrons. The van der Waals surface area contributed by atoms with Gasteiger partial charge in [-0.15, -0.1) is 11.8 Å². The first-order valence-electron chi connectivity index (χ1n) is 13.0. The van der Waals surface area contributed by atoms with E-state index in [4.69, 9.17) is 34.8 Å². The van der Waals surface area contributed by atoms with Gasteiger partial charge in [0.1, 0.15) is 0 Å². The highest BCUT2D eigenvalue weighted by Crippen LogP contribution is 2.50. The molecule has 1 atom stereocenters. The van der Waals surface area contributed by atoms with Gasteiger partial charge in [-0.25, -0.2) is 0 Å². The Morgan fingerprint density at radius 1 is 1.03 bits per heavy atom. The lowest BCUT2D eigenvalue weighted by atomic mass is 9.67. The van der Waals surface area contributed by atoms with Crippen molar-refractivity contribution in [3.63, 3.8) is 0 Å². The summed E-state index contributed by atoms with van der Waals surface area (Å²) < 4.78 is 42.3. The third kappa shape index (κ3) is 9.73. The van der Waals surface area contributed by atoms with Gasteiger partial charge < -0.3 is 5.32 Å². The third-order valence-corrected chi connectivity index (χ3v) is 9.17. The predicted molar refractivity (Wildman–Crippen MR) is 161 cm³/mol. The molecule has 1 N–H and O–H groups in total. The first-order chi connectivity index (χ1) is 18.0. The van der Waals surface area contributed by atoms with E-state index in [0.717, 1.165) is 42.6 Å². The third-order valence-electron chi connectivity index (χ3n) is 7.08. The highest BCUT2D eigenvalue weighted by atomic mass is 35.5. The molecule has 2 aromatic rings. The molecule has 2 aromatic carbocycles. The molecule has 1 aliphatic rings. The fourth-order valence-electron chi connectivity index (χ4n) is 5.07. The second-order valence-corrected chi connectivity index (χ2v) is 12.1. The number of hydrogen-bond donors (Lipinski definition) is 1.